The third-order valence-corrected chi connectivity index (χ3v) is 9.50. The Morgan fingerprint density at radius 2 is 1.75 bits per heavy atom. The number of para-hydroxylation sites is 1. The van der Waals surface area contributed by atoms with Crippen molar-refractivity contribution in [1.82, 2.24) is 20.0 Å². The van der Waals surface area contributed by atoms with Gasteiger partial charge in [0.15, 0.2) is 5.16 Å². The average molecular weight is 637 g/mol. The summed E-state index contributed by atoms with van der Waals surface area (Å²) < 4.78 is 49.8. The molecule has 0 radical (unpaired) electrons. The summed E-state index contributed by atoms with van der Waals surface area (Å²) in [6.07, 6.45) is 0.307. The minimum absolute atomic E-state index is 0.0932. The summed E-state index contributed by atoms with van der Waals surface area (Å²) in [4.78, 5) is 23.7. The fourth-order valence-electron chi connectivity index (χ4n) is 4.71. The molecule has 0 aliphatic carbocycles. The molecule has 5 aromatic rings. The van der Waals surface area contributed by atoms with Gasteiger partial charge in [0.1, 0.15) is 17.7 Å². The first kappa shape index (κ1) is 29.3. The summed E-state index contributed by atoms with van der Waals surface area (Å²) in [5, 5.41) is 19.4. The van der Waals surface area contributed by atoms with Gasteiger partial charge in [0.25, 0.3) is 9.84 Å². The summed E-state index contributed by atoms with van der Waals surface area (Å²) in [6, 6.07) is 20.8. The predicted octanol–water partition coefficient (Wildman–Crippen LogP) is 4.13. The number of carbonyl (C=O) groups excluding carboxylic acids is 1. The number of halogens is 1. The van der Waals surface area contributed by atoms with E-state index in [2.05, 4.69) is 25.1 Å². The van der Waals surface area contributed by atoms with Crippen molar-refractivity contribution in [3.05, 3.63) is 89.9 Å². The molecule has 6 rings (SSSR count). The Hall–Kier alpha value is -4.76. The lowest BCUT2D eigenvalue weighted by atomic mass is 10.1. The van der Waals surface area contributed by atoms with E-state index in [1.165, 1.54) is 48.2 Å². The van der Waals surface area contributed by atoms with Gasteiger partial charge in [-0.15, -0.1) is 0 Å². The molecule has 1 saturated heterocycles. The molecule has 15 heteroatoms. The Balaban J connectivity index is 1.08. The monoisotopic (exact) mass is 636 g/mol. The zero-order valence-corrected chi connectivity index (χ0v) is 24.6. The second kappa shape index (κ2) is 12.5. The van der Waals surface area contributed by atoms with Crippen LogP contribution in [0.2, 0.25) is 0 Å². The number of thioether (sulfide) groups is 1. The van der Waals surface area contributed by atoms with Crippen LogP contribution in [0.1, 0.15) is 12.8 Å². The highest BCUT2D eigenvalue weighted by atomic mass is 32.2. The molecule has 1 amide bonds. The molecule has 1 fully saturated rings. The highest BCUT2D eigenvalue weighted by molar-refractivity contribution is 7.99. The molecule has 226 valence electrons. The highest BCUT2D eigenvalue weighted by Crippen LogP contribution is 2.29. The molecule has 0 atom stereocenters. The number of hydrogen-bond donors (Lipinski definition) is 1. The van der Waals surface area contributed by atoms with Crippen molar-refractivity contribution in [3.63, 3.8) is 0 Å². The van der Waals surface area contributed by atoms with Crippen molar-refractivity contribution in [3.8, 4) is 5.88 Å². The number of likely N-dealkylation sites (tertiary alicyclic amines) is 1. The van der Waals surface area contributed by atoms with E-state index in [1.54, 1.807) is 23.1 Å². The molecule has 3 aromatic carbocycles. The van der Waals surface area contributed by atoms with Crippen molar-refractivity contribution in [1.29, 1.82) is 0 Å². The van der Waals surface area contributed by atoms with Crippen LogP contribution in [0.4, 0.5) is 15.9 Å². The van der Waals surface area contributed by atoms with E-state index >= 15 is 0 Å². The molecule has 3 heterocycles. The number of aromatic nitrogens is 4. The number of piperidine rings is 1. The summed E-state index contributed by atoms with van der Waals surface area (Å²) in [5.74, 6) is -0.246. The third-order valence-electron chi connectivity index (χ3n) is 6.94. The number of sulfone groups is 1. The van der Waals surface area contributed by atoms with Crippen LogP contribution in [-0.4, -0.2) is 59.3 Å². The lowest BCUT2D eigenvalue weighted by Crippen LogP contribution is -2.42. The van der Waals surface area contributed by atoms with Gasteiger partial charge in [-0.3, -0.25) is 9.42 Å². The van der Waals surface area contributed by atoms with Crippen molar-refractivity contribution in [2.24, 2.45) is 0 Å². The topological polar surface area (TPSA) is 154 Å². The van der Waals surface area contributed by atoms with E-state index < -0.39 is 26.8 Å². The van der Waals surface area contributed by atoms with Gasteiger partial charge in [-0.1, -0.05) is 42.1 Å². The molecular formula is C29H25FN6O6S2. The first-order valence-corrected chi connectivity index (χ1v) is 16.0. The summed E-state index contributed by atoms with van der Waals surface area (Å²) in [7, 11) is -4.23. The second-order valence-electron chi connectivity index (χ2n) is 9.85. The first-order valence-electron chi connectivity index (χ1n) is 13.5. The van der Waals surface area contributed by atoms with Gasteiger partial charge in [0.2, 0.25) is 5.91 Å². The van der Waals surface area contributed by atoms with Crippen LogP contribution in [0.5, 0.6) is 5.88 Å². The molecule has 0 bridgehead atoms. The lowest BCUT2D eigenvalue weighted by Gasteiger charge is -2.31. The molecule has 12 nitrogen and oxygen atoms in total. The standard InChI is InChI=1S/C29H25FN6O6S2/c30-19-10-12-20(13-11-19)31-26-23-8-4-5-9-24(23)32-29(33-26)43-18-25(37)35-16-14-21(15-17-35)41-27-28(36(38)42-34-27)44(39,40)22-6-2-1-3-7-22/h1-13,21H,14-18H2,(H,31,32,33). The third kappa shape index (κ3) is 6.28. The zero-order chi connectivity index (χ0) is 30.7. The van der Waals surface area contributed by atoms with E-state index in [9.17, 15) is 22.8 Å². The van der Waals surface area contributed by atoms with Crippen molar-refractivity contribution < 1.29 is 31.9 Å². The van der Waals surface area contributed by atoms with Crippen molar-refractivity contribution in [2.75, 3.05) is 24.2 Å². The number of nitrogens with zero attached hydrogens (tertiary/aromatic N) is 5. The minimum Gasteiger partial charge on any atom is -0.451 e. The Kier molecular flexibility index (Phi) is 8.30. The number of fused-ring (bicyclic) bond motifs is 1. The van der Waals surface area contributed by atoms with Gasteiger partial charge < -0.3 is 20.2 Å². The number of anilines is 2. The van der Waals surface area contributed by atoms with Crippen LogP contribution in [0.25, 0.3) is 10.9 Å². The van der Waals surface area contributed by atoms with E-state index in [0.29, 0.717) is 48.1 Å². The summed E-state index contributed by atoms with van der Waals surface area (Å²) in [5.41, 5.74) is 1.36. The Morgan fingerprint density at radius 1 is 1.05 bits per heavy atom. The molecule has 0 unspecified atom stereocenters. The summed E-state index contributed by atoms with van der Waals surface area (Å²) in [6.45, 7) is 0.714. The van der Waals surface area contributed by atoms with Crippen molar-refractivity contribution in [2.45, 2.75) is 34.0 Å². The van der Waals surface area contributed by atoms with E-state index in [1.807, 2.05) is 24.3 Å². The van der Waals surface area contributed by atoms with Crippen molar-refractivity contribution >= 4 is 49.9 Å². The number of rotatable bonds is 9. The lowest BCUT2D eigenvalue weighted by molar-refractivity contribution is -0.832. The maximum Gasteiger partial charge on any atom is 0.415 e. The maximum atomic E-state index is 13.4. The first-order chi connectivity index (χ1) is 21.3. The van der Waals surface area contributed by atoms with Gasteiger partial charge in [-0.2, -0.15) is 0 Å². The number of ether oxygens (including phenoxy) is 1. The van der Waals surface area contributed by atoms with E-state index in [4.69, 9.17) is 4.74 Å². The zero-order valence-electron chi connectivity index (χ0n) is 23.0. The average Bonchev–Trinajstić information content (AvgIpc) is 3.42. The van der Waals surface area contributed by atoms with Crippen LogP contribution in [0.3, 0.4) is 0 Å². The summed E-state index contributed by atoms with van der Waals surface area (Å²) >= 11 is 1.20. The van der Waals surface area contributed by atoms with Crippen LogP contribution in [-0.2, 0) is 14.6 Å². The highest BCUT2D eigenvalue weighted by Gasteiger charge is 2.37. The van der Waals surface area contributed by atoms with Crippen LogP contribution in [0.15, 0.2) is 98.6 Å². The number of nitrogens with one attached hydrogen (secondary N) is 1. The molecule has 1 aliphatic heterocycles. The van der Waals surface area contributed by atoms with E-state index in [-0.39, 0.29) is 27.3 Å². The largest absolute Gasteiger partial charge is 0.451 e. The molecule has 0 spiro atoms. The van der Waals surface area contributed by atoms with Gasteiger partial charge >= 0.3 is 10.9 Å². The Bertz CT molecular complexity index is 1900. The Labute approximate surface area is 255 Å². The molecule has 0 saturated carbocycles. The van der Waals surface area contributed by atoms with Gasteiger partial charge in [0, 0.05) is 37.0 Å². The van der Waals surface area contributed by atoms with Crippen LogP contribution < -0.4 is 15.0 Å². The van der Waals surface area contributed by atoms with Gasteiger partial charge in [0.05, 0.1) is 21.3 Å². The molecule has 2 aromatic heterocycles. The van der Waals surface area contributed by atoms with Gasteiger partial charge in [-0.25, -0.2) is 22.8 Å². The van der Waals surface area contributed by atoms with Crippen LogP contribution in [0, 0.1) is 11.0 Å². The fourth-order valence-corrected chi connectivity index (χ4v) is 6.75. The second-order valence-corrected chi connectivity index (χ2v) is 12.7. The smallest absolute Gasteiger partial charge is 0.415 e. The number of benzene rings is 3. The molecule has 1 N–H and O–H groups in total. The van der Waals surface area contributed by atoms with Gasteiger partial charge in [-0.05, 0) is 53.4 Å². The minimum atomic E-state index is -4.23. The quantitative estimate of drug-likeness (QED) is 0.141. The van der Waals surface area contributed by atoms with Crippen LogP contribution >= 0.6 is 11.8 Å². The number of hydrogen-bond acceptors (Lipinski definition) is 11. The molecule has 44 heavy (non-hydrogen) atoms. The molecule has 1 aliphatic rings. The predicted molar refractivity (Wildman–Crippen MR) is 158 cm³/mol. The normalized spacial score (nSPS) is 14.1. The Morgan fingerprint density at radius 3 is 2.50 bits per heavy atom. The number of amides is 1. The SMILES string of the molecule is O=C(CSc1nc(Nc2ccc(F)cc2)c2ccccc2n1)N1CCC(Oc2no[n+]([O-])c2S(=O)(=O)c2ccccc2)CC1. The molecular weight excluding hydrogens is 611 g/mol. The fraction of sp³-hybridized carbons (Fsp3) is 0.207. The van der Waals surface area contributed by atoms with E-state index in [0.717, 1.165) is 5.39 Å². The number of carbonyl (C=O) groups is 1. The maximum absolute atomic E-state index is 13.4.